The van der Waals surface area contributed by atoms with Crippen LogP contribution >= 0.6 is 11.3 Å². The topological polar surface area (TPSA) is 35.6 Å². The second kappa shape index (κ2) is 7.57. The van der Waals surface area contributed by atoms with Crippen LogP contribution < -0.4 is 5.32 Å². The summed E-state index contributed by atoms with van der Waals surface area (Å²) < 4.78 is 0. The van der Waals surface area contributed by atoms with Crippen LogP contribution in [0.2, 0.25) is 0 Å². The molecule has 0 spiro atoms. The third-order valence-electron chi connectivity index (χ3n) is 3.65. The first-order valence-corrected chi connectivity index (χ1v) is 7.98. The van der Waals surface area contributed by atoms with E-state index in [0.717, 1.165) is 19.6 Å². The van der Waals surface area contributed by atoms with Gasteiger partial charge in [-0.2, -0.15) is 0 Å². The first kappa shape index (κ1) is 15.2. The number of amides is 1. The van der Waals surface area contributed by atoms with Gasteiger partial charge in [0.05, 0.1) is 13.1 Å². The van der Waals surface area contributed by atoms with Gasteiger partial charge in [0.2, 0.25) is 5.91 Å². The summed E-state index contributed by atoms with van der Waals surface area (Å²) in [5.74, 6) is 0.187. The summed E-state index contributed by atoms with van der Waals surface area (Å²) in [6.45, 7) is 10.6. The molecule has 1 aromatic rings. The molecule has 0 aromatic carbocycles. The molecule has 1 N–H and O–H groups in total. The number of likely N-dealkylation sites (N-methyl/N-ethyl adjacent to an activating group) is 1. The van der Waals surface area contributed by atoms with E-state index in [9.17, 15) is 4.79 Å². The number of carbonyl (C=O) groups is 1. The Kier molecular flexibility index (Phi) is 5.76. The van der Waals surface area contributed by atoms with Gasteiger partial charge in [-0.15, -0.1) is 17.9 Å². The maximum Gasteiger partial charge on any atom is 0.237 e. The van der Waals surface area contributed by atoms with Crippen LogP contribution in [0.25, 0.3) is 0 Å². The first-order chi connectivity index (χ1) is 9.74. The fraction of sp³-hybridized carbons (Fsp3) is 0.533. The van der Waals surface area contributed by atoms with Crippen molar-refractivity contribution in [2.45, 2.75) is 19.5 Å². The van der Waals surface area contributed by atoms with Crippen LogP contribution in [0.4, 0.5) is 0 Å². The lowest BCUT2D eigenvalue weighted by atomic mass is 10.1. The fourth-order valence-electron chi connectivity index (χ4n) is 2.31. The average Bonchev–Trinajstić information content (AvgIpc) is 2.88. The van der Waals surface area contributed by atoms with Crippen molar-refractivity contribution in [3.05, 3.63) is 35.0 Å². The number of thiophene rings is 1. The predicted octanol–water partition coefficient (Wildman–Crippen LogP) is 1.56. The smallest absolute Gasteiger partial charge is 0.237 e. The van der Waals surface area contributed by atoms with Crippen molar-refractivity contribution in [1.29, 1.82) is 0 Å². The monoisotopic (exact) mass is 293 g/mol. The predicted molar refractivity (Wildman–Crippen MR) is 83.8 cm³/mol. The second-order valence-electron chi connectivity index (χ2n) is 5.02. The van der Waals surface area contributed by atoms with E-state index in [1.807, 2.05) is 16.3 Å². The minimum atomic E-state index is 0.187. The SMILES string of the molecule is C=CCN(Cc1cccs1)C(=O)CN(CC)C1CNC1. The van der Waals surface area contributed by atoms with E-state index in [4.69, 9.17) is 0 Å². The molecular weight excluding hydrogens is 270 g/mol. The van der Waals surface area contributed by atoms with Crippen LogP contribution in [0.5, 0.6) is 0 Å². The molecule has 0 atom stereocenters. The summed E-state index contributed by atoms with van der Waals surface area (Å²) >= 11 is 1.69. The lowest BCUT2D eigenvalue weighted by Gasteiger charge is -2.38. The Morgan fingerprint density at radius 2 is 2.40 bits per heavy atom. The summed E-state index contributed by atoms with van der Waals surface area (Å²) in [5.41, 5.74) is 0. The Balaban J connectivity index is 1.93. The Labute approximate surface area is 125 Å². The van der Waals surface area contributed by atoms with Crippen LogP contribution in [0.15, 0.2) is 30.2 Å². The molecule has 0 unspecified atom stereocenters. The lowest BCUT2D eigenvalue weighted by molar-refractivity contribution is -0.133. The molecule has 0 aliphatic carbocycles. The standard InChI is InChI=1S/C15H23N3OS/c1-3-7-18(11-14-6-5-8-20-14)15(19)12-17(4-2)13-9-16-10-13/h3,5-6,8,13,16H,1,4,7,9-12H2,2H3. The number of nitrogens with one attached hydrogen (secondary N) is 1. The minimum Gasteiger partial charge on any atom is -0.333 e. The highest BCUT2D eigenvalue weighted by Crippen LogP contribution is 2.13. The highest BCUT2D eigenvalue weighted by Gasteiger charge is 2.26. The van der Waals surface area contributed by atoms with E-state index in [1.54, 1.807) is 17.4 Å². The van der Waals surface area contributed by atoms with Crippen molar-refractivity contribution in [3.8, 4) is 0 Å². The van der Waals surface area contributed by atoms with Crippen LogP contribution in [0.1, 0.15) is 11.8 Å². The van der Waals surface area contributed by atoms with E-state index in [-0.39, 0.29) is 5.91 Å². The Morgan fingerprint density at radius 3 is 2.90 bits per heavy atom. The molecule has 0 bridgehead atoms. The van der Waals surface area contributed by atoms with Gasteiger partial charge in [0.1, 0.15) is 0 Å². The molecule has 1 aromatic heterocycles. The molecular formula is C15H23N3OS. The second-order valence-corrected chi connectivity index (χ2v) is 6.05. The highest BCUT2D eigenvalue weighted by atomic mass is 32.1. The Morgan fingerprint density at radius 1 is 1.60 bits per heavy atom. The molecule has 2 rings (SSSR count). The van der Waals surface area contributed by atoms with Gasteiger partial charge in [-0.3, -0.25) is 9.69 Å². The first-order valence-electron chi connectivity index (χ1n) is 7.10. The van der Waals surface area contributed by atoms with E-state index in [2.05, 4.69) is 29.8 Å². The molecule has 20 heavy (non-hydrogen) atoms. The molecule has 0 saturated carbocycles. The van der Waals surface area contributed by atoms with Gasteiger partial charge in [0, 0.05) is 30.6 Å². The van der Waals surface area contributed by atoms with Gasteiger partial charge in [0.25, 0.3) is 0 Å². The normalized spacial score (nSPS) is 15.1. The van der Waals surface area contributed by atoms with Crippen molar-refractivity contribution in [1.82, 2.24) is 15.1 Å². The molecule has 2 heterocycles. The van der Waals surface area contributed by atoms with Crippen molar-refractivity contribution in [2.75, 3.05) is 32.7 Å². The Bertz CT molecular complexity index is 428. The molecule has 5 heteroatoms. The van der Waals surface area contributed by atoms with Crippen LogP contribution in [-0.4, -0.2) is 54.5 Å². The van der Waals surface area contributed by atoms with Crippen molar-refractivity contribution in [3.63, 3.8) is 0 Å². The van der Waals surface area contributed by atoms with Gasteiger partial charge in [-0.05, 0) is 18.0 Å². The van der Waals surface area contributed by atoms with Crippen molar-refractivity contribution >= 4 is 17.2 Å². The van der Waals surface area contributed by atoms with E-state index < -0.39 is 0 Å². The van der Waals surface area contributed by atoms with Crippen molar-refractivity contribution in [2.24, 2.45) is 0 Å². The molecule has 1 saturated heterocycles. The summed E-state index contributed by atoms with van der Waals surface area (Å²) in [4.78, 5) is 17.8. The van der Waals surface area contributed by atoms with E-state index in [0.29, 0.717) is 25.7 Å². The van der Waals surface area contributed by atoms with Gasteiger partial charge in [0.15, 0.2) is 0 Å². The molecule has 4 nitrogen and oxygen atoms in total. The van der Waals surface area contributed by atoms with Crippen LogP contribution in [-0.2, 0) is 11.3 Å². The lowest BCUT2D eigenvalue weighted by Crippen LogP contribution is -2.59. The maximum absolute atomic E-state index is 12.5. The number of carbonyl (C=O) groups excluding carboxylic acids is 1. The van der Waals surface area contributed by atoms with Crippen LogP contribution in [0.3, 0.4) is 0 Å². The highest BCUT2D eigenvalue weighted by molar-refractivity contribution is 7.09. The Hall–Kier alpha value is -1.17. The summed E-state index contributed by atoms with van der Waals surface area (Å²) in [6.07, 6.45) is 1.80. The third kappa shape index (κ3) is 3.91. The van der Waals surface area contributed by atoms with Gasteiger partial charge >= 0.3 is 0 Å². The maximum atomic E-state index is 12.5. The average molecular weight is 293 g/mol. The summed E-state index contributed by atoms with van der Waals surface area (Å²) in [6, 6.07) is 4.60. The van der Waals surface area contributed by atoms with Gasteiger partial charge in [-0.25, -0.2) is 0 Å². The largest absolute Gasteiger partial charge is 0.333 e. The third-order valence-corrected chi connectivity index (χ3v) is 4.51. The zero-order valence-electron chi connectivity index (χ0n) is 12.0. The molecule has 1 amide bonds. The van der Waals surface area contributed by atoms with Crippen molar-refractivity contribution < 1.29 is 4.79 Å². The van der Waals surface area contributed by atoms with Gasteiger partial charge in [-0.1, -0.05) is 19.1 Å². The molecule has 1 aliphatic rings. The number of nitrogens with zero attached hydrogens (tertiary/aromatic N) is 2. The summed E-state index contributed by atoms with van der Waals surface area (Å²) in [5, 5.41) is 5.30. The summed E-state index contributed by atoms with van der Waals surface area (Å²) in [7, 11) is 0. The molecule has 1 fully saturated rings. The molecule has 1 aliphatic heterocycles. The van der Waals surface area contributed by atoms with E-state index >= 15 is 0 Å². The minimum absolute atomic E-state index is 0.187. The number of hydrogen-bond donors (Lipinski definition) is 1. The number of rotatable bonds is 8. The number of hydrogen-bond acceptors (Lipinski definition) is 4. The quantitative estimate of drug-likeness (QED) is 0.739. The zero-order chi connectivity index (χ0) is 14.4. The van der Waals surface area contributed by atoms with Gasteiger partial charge < -0.3 is 10.2 Å². The fourth-order valence-corrected chi connectivity index (χ4v) is 3.02. The van der Waals surface area contributed by atoms with E-state index in [1.165, 1.54) is 4.88 Å². The van der Waals surface area contributed by atoms with Crippen LogP contribution in [0, 0.1) is 0 Å². The zero-order valence-corrected chi connectivity index (χ0v) is 12.9. The molecule has 110 valence electrons. The molecule has 0 radical (unpaired) electrons.